The Morgan fingerprint density at radius 2 is 1.85 bits per heavy atom. The summed E-state index contributed by atoms with van der Waals surface area (Å²) in [5.74, 6) is 0.738. The molecule has 0 radical (unpaired) electrons. The van der Waals surface area contributed by atoms with Crippen LogP contribution in [0.5, 0.6) is 0 Å². The number of allylic oxidation sites excluding steroid dienone is 2. The molecule has 2 aromatic heterocycles. The predicted molar refractivity (Wildman–Crippen MR) is 160 cm³/mol. The van der Waals surface area contributed by atoms with Crippen LogP contribution in [0.15, 0.2) is 22.3 Å². The van der Waals surface area contributed by atoms with E-state index in [0.717, 1.165) is 55.3 Å². The average Bonchev–Trinajstić information content (AvgIpc) is 3.23. The fourth-order valence-electron chi connectivity index (χ4n) is 5.77. The summed E-state index contributed by atoms with van der Waals surface area (Å²) in [6.07, 6.45) is 8.29. The summed E-state index contributed by atoms with van der Waals surface area (Å²) in [6, 6.07) is 1.92. The van der Waals surface area contributed by atoms with E-state index in [1.807, 2.05) is 53.0 Å². The minimum Gasteiger partial charge on any atom is -0.460 e. The van der Waals surface area contributed by atoms with Gasteiger partial charge in [-0.15, -0.1) is 11.3 Å². The number of aromatic amines is 1. The molecule has 39 heavy (non-hydrogen) atoms. The molecule has 2 N–H and O–H groups in total. The Balaban J connectivity index is 1.62. The molecule has 214 valence electrons. The number of aromatic nitrogens is 1. The van der Waals surface area contributed by atoms with Gasteiger partial charge >= 0.3 is 5.97 Å². The first-order valence-electron chi connectivity index (χ1n) is 14.3. The van der Waals surface area contributed by atoms with Crippen LogP contribution in [0.3, 0.4) is 0 Å². The minimum atomic E-state index is -0.450. The van der Waals surface area contributed by atoms with Gasteiger partial charge in [0.05, 0.1) is 11.5 Å². The Morgan fingerprint density at radius 3 is 2.41 bits per heavy atom. The van der Waals surface area contributed by atoms with Crippen molar-refractivity contribution in [3.63, 3.8) is 0 Å². The maximum Gasteiger partial charge on any atom is 0.309 e. The molecule has 7 heteroatoms. The number of carbonyl (C=O) groups is 2. The summed E-state index contributed by atoms with van der Waals surface area (Å²) in [5, 5.41) is 4.89. The summed E-state index contributed by atoms with van der Waals surface area (Å²) < 4.78 is 5.66. The van der Waals surface area contributed by atoms with Crippen molar-refractivity contribution < 1.29 is 14.3 Å². The number of pyridine rings is 1. The molecular weight excluding hydrogens is 508 g/mol. The van der Waals surface area contributed by atoms with Gasteiger partial charge in [0, 0.05) is 28.1 Å². The van der Waals surface area contributed by atoms with Gasteiger partial charge in [0.1, 0.15) is 5.60 Å². The van der Waals surface area contributed by atoms with Crippen LogP contribution >= 0.6 is 11.3 Å². The zero-order valence-corrected chi connectivity index (χ0v) is 25.8. The van der Waals surface area contributed by atoms with E-state index in [-0.39, 0.29) is 29.9 Å². The summed E-state index contributed by atoms with van der Waals surface area (Å²) in [6.45, 7) is 15.9. The van der Waals surface area contributed by atoms with Gasteiger partial charge in [0.2, 0.25) is 0 Å². The maximum atomic E-state index is 13.1. The lowest BCUT2D eigenvalue weighted by molar-refractivity contribution is -0.160. The lowest BCUT2D eigenvalue weighted by Gasteiger charge is -2.32. The third-order valence-corrected chi connectivity index (χ3v) is 9.05. The third-order valence-electron chi connectivity index (χ3n) is 7.91. The highest BCUT2D eigenvalue weighted by Crippen LogP contribution is 2.43. The molecule has 2 heterocycles. The van der Waals surface area contributed by atoms with Crippen molar-refractivity contribution in [2.24, 2.45) is 17.8 Å². The van der Waals surface area contributed by atoms with Crippen molar-refractivity contribution in [2.45, 2.75) is 106 Å². The van der Waals surface area contributed by atoms with Gasteiger partial charge in [-0.1, -0.05) is 13.0 Å². The van der Waals surface area contributed by atoms with Crippen LogP contribution in [-0.2, 0) is 16.1 Å². The SMILES string of the molecule is CC=C(c1scc(C(=O)NCc2c(C)cc(C)[nH]c2=O)c1C)C1CCC(CC(CC)C(=O)OC(C)(C)C)CC1. The van der Waals surface area contributed by atoms with E-state index in [4.69, 9.17) is 4.74 Å². The molecule has 1 saturated carbocycles. The van der Waals surface area contributed by atoms with Crippen LogP contribution in [0.25, 0.3) is 5.57 Å². The van der Waals surface area contributed by atoms with E-state index in [1.165, 1.54) is 10.5 Å². The summed E-state index contributed by atoms with van der Waals surface area (Å²) in [7, 11) is 0. The molecular formula is C32H46N2O4S. The van der Waals surface area contributed by atoms with Crippen molar-refractivity contribution in [1.82, 2.24) is 10.3 Å². The first-order chi connectivity index (χ1) is 18.3. The Hall–Kier alpha value is -2.67. The molecule has 1 fully saturated rings. The molecule has 0 spiro atoms. The molecule has 1 unspecified atom stereocenters. The molecule has 1 atom stereocenters. The standard InChI is InChI=1S/C32H46N2O4S/c1-9-23(31(37)38-32(6,7)8)16-22-11-13-24(14-12-22)25(10-2)28-21(5)27(18-39-28)29(35)33-17-26-19(3)15-20(4)34-30(26)36/h10,15,18,22-24H,9,11-14,16-17H2,1-8H3,(H,33,35)(H,34,36). The van der Waals surface area contributed by atoms with Crippen molar-refractivity contribution in [3.8, 4) is 0 Å². The third kappa shape index (κ3) is 7.93. The molecule has 0 bridgehead atoms. The van der Waals surface area contributed by atoms with Gasteiger partial charge in [-0.2, -0.15) is 0 Å². The van der Waals surface area contributed by atoms with E-state index in [2.05, 4.69) is 30.2 Å². The number of ether oxygens (including phenoxy) is 1. The maximum absolute atomic E-state index is 13.1. The van der Waals surface area contributed by atoms with Crippen molar-refractivity contribution in [2.75, 3.05) is 0 Å². The number of esters is 1. The van der Waals surface area contributed by atoms with Crippen LogP contribution in [0, 0.1) is 38.5 Å². The Labute approximate surface area is 237 Å². The first kappa shape index (κ1) is 30.9. The van der Waals surface area contributed by atoms with Crippen molar-refractivity contribution >= 4 is 28.8 Å². The Kier molecular flexibility index (Phi) is 10.4. The second-order valence-electron chi connectivity index (χ2n) is 12.1. The van der Waals surface area contributed by atoms with Gasteiger partial charge in [-0.25, -0.2) is 0 Å². The zero-order valence-electron chi connectivity index (χ0n) is 25.0. The second kappa shape index (κ2) is 13.1. The highest BCUT2D eigenvalue weighted by molar-refractivity contribution is 7.11. The number of hydrogen-bond donors (Lipinski definition) is 2. The summed E-state index contributed by atoms with van der Waals surface area (Å²) in [4.78, 5) is 42.1. The topological polar surface area (TPSA) is 88.3 Å². The van der Waals surface area contributed by atoms with E-state index in [0.29, 0.717) is 23.0 Å². The monoisotopic (exact) mass is 554 g/mol. The number of thiophene rings is 1. The van der Waals surface area contributed by atoms with Gasteiger partial charge in [-0.05, 0) is 122 Å². The number of nitrogens with one attached hydrogen (secondary N) is 2. The van der Waals surface area contributed by atoms with Crippen molar-refractivity contribution in [1.29, 1.82) is 0 Å². The van der Waals surface area contributed by atoms with E-state index >= 15 is 0 Å². The lowest BCUT2D eigenvalue weighted by atomic mass is 9.74. The zero-order chi connectivity index (χ0) is 28.9. The first-order valence-corrected chi connectivity index (χ1v) is 15.2. The van der Waals surface area contributed by atoms with E-state index < -0.39 is 5.60 Å². The Morgan fingerprint density at radius 1 is 1.18 bits per heavy atom. The quantitative estimate of drug-likeness (QED) is 0.319. The smallest absolute Gasteiger partial charge is 0.309 e. The van der Waals surface area contributed by atoms with Crippen LogP contribution in [0.2, 0.25) is 0 Å². The molecule has 1 amide bonds. The lowest BCUT2D eigenvalue weighted by Crippen LogP contribution is -2.30. The number of aryl methyl sites for hydroxylation is 2. The molecule has 6 nitrogen and oxygen atoms in total. The Bertz CT molecular complexity index is 1260. The molecule has 0 aliphatic heterocycles. The molecule has 1 aliphatic rings. The average molecular weight is 555 g/mol. The van der Waals surface area contributed by atoms with Gasteiger partial charge in [0.15, 0.2) is 0 Å². The van der Waals surface area contributed by atoms with Gasteiger partial charge in [-0.3, -0.25) is 14.4 Å². The van der Waals surface area contributed by atoms with E-state index in [9.17, 15) is 14.4 Å². The second-order valence-corrected chi connectivity index (χ2v) is 12.9. The molecule has 0 saturated heterocycles. The largest absolute Gasteiger partial charge is 0.460 e. The number of rotatable bonds is 9. The van der Waals surface area contributed by atoms with Crippen LogP contribution in [0.4, 0.5) is 0 Å². The van der Waals surface area contributed by atoms with E-state index in [1.54, 1.807) is 11.3 Å². The van der Waals surface area contributed by atoms with Crippen LogP contribution < -0.4 is 10.9 Å². The number of carbonyl (C=O) groups excluding carboxylic acids is 2. The van der Waals surface area contributed by atoms with Gasteiger partial charge in [0.25, 0.3) is 11.5 Å². The number of H-pyrrole nitrogens is 1. The fourth-order valence-corrected chi connectivity index (χ4v) is 7.00. The summed E-state index contributed by atoms with van der Waals surface area (Å²) in [5.41, 5.74) is 4.66. The molecule has 0 aromatic carbocycles. The normalized spacial score (nSPS) is 19.0. The highest BCUT2D eigenvalue weighted by atomic mass is 32.1. The highest BCUT2D eigenvalue weighted by Gasteiger charge is 2.31. The molecule has 1 aliphatic carbocycles. The van der Waals surface area contributed by atoms with Crippen LogP contribution in [-0.4, -0.2) is 22.5 Å². The number of hydrogen-bond acceptors (Lipinski definition) is 5. The van der Waals surface area contributed by atoms with Crippen molar-refractivity contribution in [3.05, 3.63) is 60.7 Å². The molecule has 3 rings (SSSR count). The van der Waals surface area contributed by atoms with Gasteiger partial charge < -0.3 is 15.0 Å². The number of amides is 1. The fraction of sp³-hybridized carbons (Fsp3) is 0.594. The predicted octanol–water partition coefficient (Wildman–Crippen LogP) is 7.26. The van der Waals surface area contributed by atoms with Crippen LogP contribution in [0.1, 0.15) is 111 Å². The minimum absolute atomic E-state index is 0.0353. The summed E-state index contributed by atoms with van der Waals surface area (Å²) >= 11 is 1.63. The molecule has 2 aromatic rings.